The molecule has 0 saturated heterocycles. The predicted molar refractivity (Wildman–Crippen MR) is 142 cm³/mol. The zero-order valence-electron chi connectivity index (χ0n) is 21.9. The second-order valence-corrected chi connectivity index (χ2v) is 9.63. The van der Waals surface area contributed by atoms with Crippen LogP contribution in [0.15, 0.2) is 59.9 Å². The summed E-state index contributed by atoms with van der Waals surface area (Å²) in [4.78, 5) is 10.1. The summed E-state index contributed by atoms with van der Waals surface area (Å²) in [6.07, 6.45) is 13.6. The van der Waals surface area contributed by atoms with Crippen molar-refractivity contribution in [3.8, 4) is 5.75 Å². The van der Waals surface area contributed by atoms with Crippen LogP contribution >= 0.6 is 11.6 Å². The van der Waals surface area contributed by atoms with Crippen molar-refractivity contribution in [1.82, 2.24) is 0 Å². The number of benzene rings is 1. The highest BCUT2D eigenvalue weighted by atomic mass is 35.5. The van der Waals surface area contributed by atoms with Crippen LogP contribution in [-0.4, -0.2) is 6.47 Å². The fourth-order valence-corrected chi connectivity index (χ4v) is 3.90. The van der Waals surface area contributed by atoms with Crippen molar-refractivity contribution in [2.75, 3.05) is 0 Å². The highest BCUT2D eigenvalue weighted by Gasteiger charge is 2.47. The summed E-state index contributed by atoms with van der Waals surface area (Å²) in [5.41, 5.74) is 1.48. The van der Waals surface area contributed by atoms with Crippen LogP contribution in [0.3, 0.4) is 0 Å². The normalized spacial score (nSPS) is 18.5. The van der Waals surface area contributed by atoms with Crippen LogP contribution in [0.1, 0.15) is 80.2 Å². The van der Waals surface area contributed by atoms with Gasteiger partial charge in [0.1, 0.15) is 12.4 Å². The summed E-state index contributed by atoms with van der Waals surface area (Å²) in [5, 5.41) is 0.931. The zero-order valence-corrected chi connectivity index (χ0v) is 22.7. The summed E-state index contributed by atoms with van der Waals surface area (Å²) in [7, 11) is 0. The first-order valence-corrected chi connectivity index (χ1v) is 12.5. The van der Waals surface area contributed by atoms with Crippen LogP contribution in [0.2, 0.25) is 0 Å². The summed E-state index contributed by atoms with van der Waals surface area (Å²) in [6.45, 7) is 17.8. The number of hydrogen-bond acceptors (Lipinski definition) is 3. The van der Waals surface area contributed by atoms with E-state index in [2.05, 4.69) is 45.9 Å². The molecule has 1 saturated carbocycles. The molecule has 0 aromatic heterocycles. The van der Waals surface area contributed by atoms with Crippen LogP contribution in [-0.2, 0) is 16.1 Å². The zero-order chi connectivity index (χ0) is 25.3. The number of carbonyl (C=O) groups is 1. The predicted octanol–water partition coefficient (Wildman–Crippen LogP) is 9.08. The first-order chi connectivity index (χ1) is 15.7. The number of halogens is 1. The molecule has 0 heterocycles. The van der Waals surface area contributed by atoms with Crippen molar-refractivity contribution in [2.24, 2.45) is 23.2 Å². The van der Waals surface area contributed by atoms with E-state index in [1.807, 2.05) is 58.0 Å². The average Bonchev–Trinajstić information content (AvgIpc) is 3.42. The van der Waals surface area contributed by atoms with Crippen LogP contribution in [0, 0.1) is 23.2 Å². The molecule has 0 spiro atoms. The third-order valence-corrected chi connectivity index (χ3v) is 5.67. The monoisotopic (exact) mass is 476 g/mol. The molecule has 0 amide bonds. The number of rotatable bonds is 11. The first kappa shape index (κ1) is 31.0. The Bertz CT molecular complexity index is 745. The van der Waals surface area contributed by atoms with Gasteiger partial charge in [0.25, 0.3) is 6.47 Å². The van der Waals surface area contributed by atoms with Crippen LogP contribution < -0.4 is 4.74 Å². The molecule has 2 rings (SSSR count). The van der Waals surface area contributed by atoms with Gasteiger partial charge >= 0.3 is 0 Å². The van der Waals surface area contributed by atoms with E-state index >= 15 is 0 Å². The minimum absolute atomic E-state index is 0.269. The van der Waals surface area contributed by atoms with Gasteiger partial charge in [0.2, 0.25) is 0 Å². The van der Waals surface area contributed by atoms with Crippen molar-refractivity contribution < 1.29 is 14.3 Å². The lowest BCUT2D eigenvalue weighted by molar-refractivity contribution is -0.129. The SMILES string of the molecule is C/C(Cl)=C/[C@@H](C)C1CC1(C)C.C/C=C\C(C)CC/C=C/Oc1cccc(COC=O)c1.CC. The molecule has 3 nitrogen and oxygen atoms in total. The minimum atomic E-state index is 0.269. The number of carbonyl (C=O) groups excluding carboxylic acids is 1. The van der Waals surface area contributed by atoms with Gasteiger partial charge in [0.15, 0.2) is 0 Å². The van der Waals surface area contributed by atoms with E-state index in [1.165, 1.54) is 6.42 Å². The van der Waals surface area contributed by atoms with Gasteiger partial charge in [-0.15, -0.1) is 0 Å². The molecule has 3 atom stereocenters. The van der Waals surface area contributed by atoms with Gasteiger partial charge in [0.05, 0.1) is 6.26 Å². The van der Waals surface area contributed by atoms with E-state index in [4.69, 9.17) is 21.1 Å². The Morgan fingerprint density at radius 3 is 2.48 bits per heavy atom. The lowest BCUT2D eigenvalue weighted by Gasteiger charge is -2.07. The third kappa shape index (κ3) is 14.7. The van der Waals surface area contributed by atoms with E-state index in [9.17, 15) is 4.79 Å². The molecule has 0 radical (unpaired) electrons. The van der Waals surface area contributed by atoms with Gasteiger partial charge in [-0.3, -0.25) is 4.79 Å². The van der Waals surface area contributed by atoms with E-state index < -0.39 is 0 Å². The number of allylic oxidation sites excluding steroid dienone is 5. The molecule has 186 valence electrons. The number of hydrogen-bond donors (Lipinski definition) is 0. The molecular formula is C29H45ClO3. The summed E-state index contributed by atoms with van der Waals surface area (Å²) < 4.78 is 10.2. The lowest BCUT2D eigenvalue weighted by atomic mass is 9.99. The van der Waals surface area contributed by atoms with Crippen LogP contribution in [0.25, 0.3) is 0 Å². The quantitative estimate of drug-likeness (QED) is 0.181. The molecule has 4 heteroatoms. The minimum Gasteiger partial charge on any atom is -0.465 e. The Morgan fingerprint density at radius 2 is 1.94 bits per heavy atom. The maximum Gasteiger partial charge on any atom is 0.293 e. The summed E-state index contributed by atoms with van der Waals surface area (Å²) in [6, 6.07) is 7.49. The highest BCUT2D eigenvalue weighted by molar-refractivity contribution is 6.29. The van der Waals surface area contributed by atoms with Gasteiger partial charge in [-0.05, 0) is 80.1 Å². The average molecular weight is 477 g/mol. The molecule has 1 fully saturated rings. The molecule has 33 heavy (non-hydrogen) atoms. The maximum absolute atomic E-state index is 10.1. The van der Waals surface area contributed by atoms with E-state index in [0.717, 1.165) is 35.1 Å². The molecule has 2 unspecified atom stereocenters. The first-order valence-electron chi connectivity index (χ1n) is 12.1. The maximum atomic E-state index is 10.1. The summed E-state index contributed by atoms with van der Waals surface area (Å²) >= 11 is 5.80. The molecule has 0 aliphatic heterocycles. The fourth-order valence-electron chi connectivity index (χ4n) is 3.70. The van der Waals surface area contributed by atoms with Gasteiger partial charge in [-0.2, -0.15) is 0 Å². The van der Waals surface area contributed by atoms with Crippen LogP contribution in [0.5, 0.6) is 5.75 Å². The van der Waals surface area contributed by atoms with Gasteiger partial charge in [-0.25, -0.2) is 0 Å². The van der Waals surface area contributed by atoms with Crippen molar-refractivity contribution in [3.63, 3.8) is 0 Å². The second kappa shape index (κ2) is 17.5. The molecule has 1 aromatic rings. The van der Waals surface area contributed by atoms with E-state index in [-0.39, 0.29) is 6.61 Å². The molecule has 0 N–H and O–H groups in total. The Hall–Kier alpha value is -2.00. The second-order valence-electron chi connectivity index (χ2n) is 9.04. The van der Waals surface area contributed by atoms with E-state index in [1.54, 1.807) is 6.26 Å². The van der Waals surface area contributed by atoms with Crippen LogP contribution in [0.4, 0.5) is 0 Å². The van der Waals surface area contributed by atoms with Crippen molar-refractivity contribution in [3.05, 3.63) is 65.4 Å². The lowest BCUT2D eigenvalue weighted by Crippen LogP contribution is -1.99. The third-order valence-electron chi connectivity index (χ3n) is 5.54. The molecule has 1 aliphatic carbocycles. The van der Waals surface area contributed by atoms with Crippen molar-refractivity contribution in [1.29, 1.82) is 0 Å². The Balaban J connectivity index is 0.000000663. The standard InChI is InChI=1S/C17H22O3.C10H17Cl.C2H6/c1-3-7-15(2)8-4-5-11-20-17-10-6-9-16(12-17)13-19-14-18;1-7(5-8(2)11)9-6-10(9,3)4;1-2/h3,5-7,9-12,14-15H,4,8,13H2,1-2H3;5,7,9H,6H2,1-4H3;1-2H3/b7-3-,11-5+;8-5-;/t;7-,9?;/m.1./s1. The van der Waals surface area contributed by atoms with E-state index in [0.29, 0.717) is 23.7 Å². The van der Waals surface area contributed by atoms with Crippen molar-refractivity contribution >= 4 is 18.1 Å². The highest BCUT2D eigenvalue weighted by Crippen LogP contribution is 2.56. The number of ether oxygens (including phenoxy) is 2. The fraction of sp³-hybridized carbons (Fsp3) is 0.552. The molecule has 1 aromatic carbocycles. The Morgan fingerprint density at radius 1 is 1.27 bits per heavy atom. The molecule has 0 bridgehead atoms. The molecular weight excluding hydrogens is 432 g/mol. The Kier molecular flexibility index (Phi) is 16.4. The van der Waals surface area contributed by atoms with Gasteiger partial charge in [-0.1, -0.05) is 83.5 Å². The van der Waals surface area contributed by atoms with Crippen molar-refractivity contribution in [2.45, 2.75) is 81.3 Å². The Labute approximate surface area is 207 Å². The molecule has 1 aliphatic rings. The largest absolute Gasteiger partial charge is 0.465 e. The van der Waals surface area contributed by atoms with Gasteiger partial charge in [0, 0.05) is 5.03 Å². The summed E-state index contributed by atoms with van der Waals surface area (Å²) in [5.74, 6) is 2.85. The smallest absolute Gasteiger partial charge is 0.293 e. The topological polar surface area (TPSA) is 35.5 Å². The van der Waals surface area contributed by atoms with Gasteiger partial charge < -0.3 is 9.47 Å².